The van der Waals surface area contributed by atoms with E-state index in [0.29, 0.717) is 17.7 Å². The highest BCUT2D eigenvalue weighted by molar-refractivity contribution is 6.29. The largest absolute Gasteiger partial charge is 0.481 e. The molecule has 0 bridgehead atoms. The van der Waals surface area contributed by atoms with Crippen LogP contribution in [-0.4, -0.2) is 23.0 Å². The van der Waals surface area contributed by atoms with Crippen molar-refractivity contribution in [2.45, 2.75) is 25.7 Å². The molecule has 1 heterocycles. The summed E-state index contributed by atoms with van der Waals surface area (Å²) in [6, 6.07) is 1.51. The summed E-state index contributed by atoms with van der Waals surface area (Å²) in [6.45, 7) is 0. The Hall–Kier alpha value is -1.36. The van der Waals surface area contributed by atoms with Gasteiger partial charge in [0.15, 0.2) is 0 Å². The second-order valence-corrected chi connectivity index (χ2v) is 5.57. The quantitative estimate of drug-likeness (QED) is 0.865. The van der Waals surface area contributed by atoms with Gasteiger partial charge in [-0.15, -0.1) is 0 Å². The lowest BCUT2D eigenvalue weighted by molar-refractivity contribution is -0.117. The van der Waals surface area contributed by atoms with Crippen LogP contribution in [0.1, 0.15) is 25.7 Å². The van der Waals surface area contributed by atoms with Crippen molar-refractivity contribution in [3.8, 4) is 5.88 Å². The van der Waals surface area contributed by atoms with Crippen molar-refractivity contribution >= 4 is 23.5 Å². The van der Waals surface area contributed by atoms with E-state index in [1.165, 1.54) is 38.9 Å². The predicted octanol–water partition coefficient (Wildman–Crippen LogP) is 2.51. The van der Waals surface area contributed by atoms with E-state index in [0.717, 1.165) is 0 Å². The van der Waals surface area contributed by atoms with Gasteiger partial charge in [0, 0.05) is 12.0 Å². The van der Waals surface area contributed by atoms with Gasteiger partial charge >= 0.3 is 0 Å². The summed E-state index contributed by atoms with van der Waals surface area (Å²) in [5, 5.41) is 3.01. The number of amides is 1. The predicted molar refractivity (Wildman–Crippen MR) is 71.2 cm³/mol. The first kappa shape index (κ1) is 12.7. The van der Waals surface area contributed by atoms with Crippen LogP contribution >= 0.6 is 11.6 Å². The minimum absolute atomic E-state index is 0.0150. The maximum atomic E-state index is 12.2. The molecule has 6 heteroatoms. The molecule has 19 heavy (non-hydrogen) atoms. The van der Waals surface area contributed by atoms with Gasteiger partial charge in [0.1, 0.15) is 5.15 Å². The zero-order chi connectivity index (χ0) is 13.4. The average Bonchev–Trinajstić information content (AvgIpc) is 3.12. The smallest absolute Gasteiger partial charge is 0.234 e. The number of hydrogen-bond donors (Lipinski definition) is 1. The fraction of sp³-hybridized carbons (Fsp3) is 0.615. The van der Waals surface area contributed by atoms with E-state index in [1.54, 1.807) is 0 Å². The van der Waals surface area contributed by atoms with Gasteiger partial charge in [0.2, 0.25) is 17.7 Å². The zero-order valence-corrected chi connectivity index (χ0v) is 11.5. The van der Waals surface area contributed by atoms with Crippen molar-refractivity contribution < 1.29 is 9.53 Å². The van der Waals surface area contributed by atoms with E-state index in [-0.39, 0.29) is 22.9 Å². The van der Waals surface area contributed by atoms with Gasteiger partial charge in [-0.2, -0.15) is 4.98 Å². The maximum absolute atomic E-state index is 12.2. The van der Waals surface area contributed by atoms with Crippen LogP contribution in [0.25, 0.3) is 0 Å². The summed E-state index contributed by atoms with van der Waals surface area (Å²) in [5.41, 5.74) is 0. The van der Waals surface area contributed by atoms with E-state index >= 15 is 0 Å². The molecule has 1 aromatic rings. The number of carbonyl (C=O) groups is 1. The van der Waals surface area contributed by atoms with Crippen LogP contribution in [0.15, 0.2) is 6.07 Å². The van der Waals surface area contributed by atoms with Gasteiger partial charge in [-0.1, -0.05) is 24.4 Å². The highest BCUT2D eigenvalue weighted by Crippen LogP contribution is 2.55. The number of methoxy groups -OCH3 is 1. The van der Waals surface area contributed by atoms with Gasteiger partial charge in [-0.05, 0) is 24.7 Å². The van der Waals surface area contributed by atoms with Gasteiger partial charge < -0.3 is 4.74 Å². The van der Waals surface area contributed by atoms with Crippen LogP contribution in [0.4, 0.5) is 5.95 Å². The number of nitrogens with one attached hydrogen (secondary N) is 1. The highest BCUT2D eigenvalue weighted by atomic mass is 35.5. The minimum Gasteiger partial charge on any atom is -0.481 e. The fourth-order valence-electron chi connectivity index (χ4n) is 3.13. The Morgan fingerprint density at radius 2 is 2.05 bits per heavy atom. The van der Waals surface area contributed by atoms with Crippen molar-refractivity contribution in [1.29, 1.82) is 0 Å². The first-order chi connectivity index (χ1) is 9.19. The van der Waals surface area contributed by atoms with E-state index in [9.17, 15) is 4.79 Å². The zero-order valence-electron chi connectivity index (χ0n) is 10.7. The number of nitrogens with zero attached hydrogens (tertiary/aromatic N) is 2. The van der Waals surface area contributed by atoms with Crippen molar-refractivity contribution in [3.63, 3.8) is 0 Å². The van der Waals surface area contributed by atoms with E-state index in [1.807, 2.05) is 0 Å². The Balaban J connectivity index is 1.68. The monoisotopic (exact) mass is 281 g/mol. The topological polar surface area (TPSA) is 64.1 Å². The number of hydrogen-bond acceptors (Lipinski definition) is 4. The van der Waals surface area contributed by atoms with Gasteiger partial charge in [0.05, 0.1) is 7.11 Å². The summed E-state index contributed by atoms with van der Waals surface area (Å²) < 4.78 is 5.00. The standard InChI is InChI=1S/C13H16ClN3O2/c1-19-10-6-9(14)15-13(16-10)17-12(18)11-7-4-2-3-5-8(7)11/h6-8,11H,2-5H2,1H3,(H,15,16,17,18). The van der Waals surface area contributed by atoms with Crippen LogP contribution in [0.3, 0.4) is 0 Å². The third-order valence-corrected chi connectivity index (χ3v) is 4.27. The number of halogens is 1. The SMILES string of the molecule is COc1cc(Cl)nc(NC(=O)C2C3CCCCC32)n1. The number of aromatic nitrogens is 2. The molecule has 0 aromatic carbocycles. The molecular weight excluding hydrogens is 266 g/mol. The Kier molecular flexibility index (Phi) is 3.31. The molecule has 2 aliphatic rings. The fourth-order valence-corrected chi connectivity index (χ4v) is 3.31. The van der Waals surface area contributed by atoms with Crippen LogP contribution < -0.4 is 10.1 Å². The Labute approximate surface area is 116 Å². The molecule has 3 rings (SSSR count). The van der Waals surface area contributed by atoms with E-state index in [4.69, 9.17) is 16.3 Å². The molecule has 1 N–H and O–H groups in total. The molecular formula is C13H16ClN3O2. The molecule has 1 amide bonds. The van der Waals surface area contributed by atoms with E-state index in [2.05, 4.69) is 15.3 Å². The normalized spacial score (nSPS) is 28.4. The third kappa shape index (κ3) is 2.52. The Bertz CT molecular complexity index is 497. The third-order valence-electron chi connectivity index (χ3n) is 4.07. The first-order valence-electron chi connectivity index (χ1n) is 6.58. The van der Waals surface area contributed by atoms with Crippen molar-refractivity contribution in [2.24, 2.45) is 17.8 Å². The van der Waals surface area contributed by atoms with Crippen LogP contribution in [0, 0.1) is 17.8 Å². The molecule has 5 nitrogen and oxygen atoms in total. The second-order valence-electron chi connectivity index (χ2n) is 5.18. The second kappa shape index (κ2) is 4.96. The number of fused-ring (bicyclic) bond motifs is 1. The minimum atomic E-state index is 0.0150. The van der Waals surface area contributed by atoms with Gasteiger partial charge in [-0.25, -0.2) is 4.98 Å². The summed E-state index contributed by atoms with van der Waals surface area (Å²) in [6.07, 6.45) is 4.82. The van der Waals surface area contributed by atoms with Gasteiger partial charge in [0.25, 0.3) is 0 Å². The first-order valence-corrected chi connectivity index (χ1v) is 6.96. The molecule has 102 valence electrons. The summed E-state index contributed by atoms with van der Waals surface area (Å²) >= 11 is 5.85. The lowest BCUT2D eigenvalue weighted by Gasteiger charge is -2.05. The van der Waals surface area contributed by atoms with Crippen LogP contribution in [0.2, 0.25) is 5.15 Å². The molecule has 0 saturated heterocycles. The Morgan fingerprint density at radius 3 is 2.68 bits per heavy atom. The molecule has 2 atom stereocenters. The van der Waals surface area contributed by atoms with Crippen LogP contribution in [0.5, 0.6) is 5.88 Å². The average molecular weight is 282 g/mol. The summed E-state index contributed by atoms with van der Waals surface area (Å²) in [4.78, 5) is 20.2. The molecule has 0 aliphatic heterocycles. The number of anilines is 1. The maximum Gasteiger partial charge on any atom is 0.234 e. The van der Waals surface area contributed by atoms with Crippen molar-refractivity contribution in [1.82, 2.24) is 9.97 Å². The molecule has 0 radical (unpaired) electrons. The number of ether oxygens (including phenoxy) is 1. The van der Waals surface area contributed by atoms with E-state index < -0.39 is 0 Å². The molecule has 2 aliphatic carbocycles. The van der Waals surface area contributed by atoms with Gasteiger partial charge in [-0.3, -0.25) is 10.1 Å². The molecule has 1 aromatic heterocycles. The van der Waals surface area contributed by atoms with Crippen molar-refractivity contribution in [2.75, 3.05) is 12.4 Å². The molecule has 2 unspecified atom stereocenters. The van der Waals surface area contributed by atoms with Crippen LogP contribution in [-0.2, 0) is 4.79 Å². The molecule has 0 spiro atoms. The number of rotatable bonds is 3. The van der Waals surface area contributed by atoms with Crippen molar-refractivity contribution in [3.05, 3.63) is 11.2 Å². The number of carbonyl (C=O) groups excluding carboxylic acids is 1. The molecule has 2 fully saturated rings. The highest BCUT2D eigenvalue weighted by Gasteiger charge is 2.54. The summed E-state index contributed by atoms with van der Waals surface area (Å²) in [7, 11) is 1.50. The molecule has 2 saturated carbocycles. The summed E-state index contributed by atoms with van der Waals surface area (Å²) in [5.74, 6) is 1.85. The lowest BCUT2D eigenvalue weighted by Crippen LogP contribution is -2.17. The lowest BCUT2D eigenvalue weighted by atomic mass is 10.0. The Morgan fingerprint density at radius 1 is 1.37 bits per heavy atom.